The quantitative estimate of drug-likeness (QED) is 0.791. The number of nitrogens with two attached hydrogens (primary N) is 1. The fourth-order valence-corrected chi connectivity index (χ4v) is 4.31. The van der Waals surface area contributed by atoms with Gasteiger partial charge in [0.25, 0.3) is 0 Å². The van der Waals surface area contributed by atoms with Crippen molar-refractivity contribution in [3.8, 4) is 0 Å². The number of hydrogen-bond acceptors (Lipinski definition) is 4. The van der Waals surface area contributed by atoms with Gasteiger partial charge in [0.2, 0.25) is 5.43 Å². The molecule has 2 heterocycles. The van der Waals surface area contributed by atoms with E-state index in [1.165, 1.54) is 6.20 Å². The number of pyridine rings is 1. The van der Waals surface area contributed by atoms with Crippen LogP contribution in [-0.2, 0) is 0 Å². The highest BCUT2D eigenvalue weighted by molar-refractivity contribution is 6.30. The van der Waals surface area contributed by atoms with Crippen LogP contribution in [0, 0.1) is 12.7 Å². The van der Waals surface area contributed by atoms with Crippen LogP contribution in [-0.4, -0.2) is 35.3 Å². The summed E-state index contributed by atoms with van der Waals surface area (Å²) in [4.78, 5) is 26.3. The van der Waals surface area contributed by atoms with Crippen LogP contribution >= 0.6 is 11.6 Å². The van der Waals surface area contributed by atoms with Crippen LogP contribution in [0.15, 0.2) is 27.7 Å². The predicted molar refractivity (Wildman–Crippen MR) is 112 cm³/mol. The standard InChI is InChI=1S/C21H23ClFN3O3/c1-11-18-16(26(13-2-3-13)10-14(20(18)27)21(28)29)8-17(19(11)23)25-6-4-12(5-7-25)15(22)9-24/h8,10,13H,2-7,9,24H2,1H3,(H,28,29). The second kappa shape index (κ2) is 7.46. The van der Waals surface area contributed by atoms with Crippen LogP contribution in [0.2, 0.25) is 0 Å². The molecule has 2 fully saturated rings. The van der Waals surface area contributed by atoms with Crippen LogP contribution in [0.25, 0.3) is 10.9 Å². The van der Waals surface area contributed by atoms with Crippen LogP contribution < -0.4 is 16.1 Å². The van der Waals surface area contributed by atoms with Crippen molar-refractivity contribution in [1.82, 2.24) is 4.57 Å². The summed E-state index contributed by atoms with van der Waals surface area (Å²) in [6.45, 7) is 3.06. The SMILES string of the molecule is Cc1c(F)c(N2CCC(=C(Cl)CN)CC2)cc2c1c(=O)c(C(=O)O)cn2C1CC1. The molecule has 0 radical (unpaired) electrons. The maximum Gasteiger partial charge on any atom is 0.341 e. The summed E-state index contributed by atoms with van der Waals surface area (Å²) in [7, 11) is 0. The summed E-state index contributed by atoms with van der Waals surface area (Å²) in [5, 5.41) is 10.2. The number of fused-ring (bicyclic) bond motifs is 1. The minimum absolute atomic E-state index is 0.146. The van der Waals surface area contributed by atoms with Gasteiger partial charge in [0, 0.05) is 42.5 Å². The predicted octanol–water partition coefficient (Wildman–Crippen LogP) is 3.53. The highest BCUT2D eigenvalue weighted by Crippen LogP contribution is 2.39. The van der Waals surface area contributed by atoms with Gasteiger partial charge in [-0.3, -0.25) is 4.79 Å². The second-order valence-corrected chi connectivity index (χ2v) is 8.20. The number of hydrogen-bond donors (Lipinski definition) is 2. The molecule has 1 aromatic carbocycles. The first-order valence-electron chi connectivity index (χ1n) is 9.76. The molecule has 0 spiro atoms. The minimum Gasteiger partial charge on any atom is -0.477 e. The van der Waals surface area contributed by atoms with Gasteiger partial charge < -0.3 is 20.3 Å². The molecule has 29 heavy (non-hydrogen) atoms. The third-order valence-electron chi connectivity index (χ3n) is 5.92. The monoisotopic (exact) mass is 419 g/mol. The van der Waals surface area contributed by atoms with Crippen molar-refractivity contribution in [2.45, 2.75) is 38.6 Å². The van der Waals surface area contributed by atoms with Gasteiger partial charge in [-0.1, -0.05) is 17.2 Å². The molecule has 0 unspecified atom stereocenters. The number of rotatable bonds is 4. The van der Waals surface area contributed by atoms with Crippen LogP contribution in [0.1, 0.15) is 47.6 Å². The number of carboxylic acid groups (broad SMARTS) is 1. The number of aryl methyl sites for hydroxylation is 1. The number of aromatic nitrogens is 1. The molecule has 2 aromatic rings. The molecule has 0 amide bonds. The van der Waals surface area contributed by atoms with Gasteiger partial charge in [-0.15, -0.1) is 0 Å². The zero-order chi connectivity index (χ0) is 20.9. The van der Waals surface area contributed by atoms with E-state index in [1.807, 2.05) is 9.47 Å². The molecule has 6 nitrogen and oxygen atoms in total. The normalized spacial score (nSPS) is 17.1. The molecule has 1 aromatic heterocycles. The van der Waals surface area contributed by atoms with E-state index in [2.05, 4.69) is 0 Å². The number of carboxylic acids is 1. The number of carbonyl (C=O) groups is 1. The molecule has 2 aliphatic rings. The van der Waals surface area contributed by atoms with Crippen molar-refractivity contribution in [3.05, 3.63) is 50.0 Å². The molecule has 8 heteroatoms. The number of aromatic carboxylic acids is 1. The molecule has 3 N–H and O–H groups in total. The topological polar surface area (TPSA) is 88.6 Å². The van der Waals surface area contributed by atoms with Crippen molar-refractivity contribution in [1.29, 1.82) is 0 Å². The molecule has 1 saturated heterocycles. The first-order chi connectivity index (χ1) is 13.8. The lowest BCUT2D eigenvalue weighted by Crippen LogP contribution is -2.32. The maximum absolute atomic E-state index is 15.3. The van der Waals surface area contributed by atoms with Crippen molar-refractivity contribution in [3.63, 3.8) is 0 Å². The first-order valence-corrected chi connectivity index (χ1v) is 10.1. The summed E-state index contributed by atoms with van der Waals surface area (Å²) in [6.07, 6.45) is 4.65. The smallest absolute Gasteiger partial charge is 0.341 e. The molecule has 4 rings (SSSR count). The van der Waals surface area contributed by atoms with Crippen LogP contribution in [0.5, 0.6) is 0 Å². The van der Waals surface area contributed by atoms with E-state index in [-0.39, 0.29) is 22.6 Å². The van der Waals surface area contributed by atoms with Crippen molar-refractivity contribution >= 4 is 34.2 Å². The van der Waals surface area contributed by atoms with Gasteiger partial charge in [-0.05, 0) is 38.7 Å². The first kappa shape index (κ1) is 19.9. The summed E-state index contributed by atoms with van der Waals surface area (Å²) >= 11 is 6.17. The van der Waals surface area contributed by atoms with Crippen LogP contribution in [0.4, 0.5) is 10.1 Å². The van der Waals surface area contributed by atoms with Crippen LogP contribution in [0.3, 0.4) is 0 Å². The van der Waals surface area contributed by atoms with Crippen molar-refractivity contribution < 1.29 is 14.3 Å². The number of anilines is 1. The number of piperidine rings is 1. The lowest BCUT2D eigenvalue weighted by Gasteiger charge is -2.32. The van der Waals surface area contributed by atoms with Gasteiger partial charge in [0.1, 0.15) is 11.4 Å². The summed E-state index contributed by atoms with van der Waals surface area (Å²) in [5.41, 5.74) is 7.00. The molecule has 1 aliphatic heterocycles. The Labute approximate surface area is 172 Å². The van der Waals surface area contributed by atoms with Gasteiger partial charge in [0.05, 0.1) is 16.6 Å². The Balaban J connectivity index is 1.85. The van der Waals surface area contributed by atoms with E-state index in [1.54, 1.807) is 13.0 Å². The lowest BCUT2D eigenvalue weighted by atomic mass is 10.00. The number of benzene rings is 1. The summed E-state index contributed by atoms with van der Waals surface area (Å²) in [6, 6.07) is 1.84. The van der Waals surface area contributed by atoms with E-state index in [4.69, 9.17) is 17.3 Å². The van der Waals surface area contributed by atoms with E-state index < -0.39 is 17.2 Å². The Morgan fingerprint density at radius 3 is 2.55 bits per heavy atom. The maximum atomic E-state index is 15.3. The van der Waals surface area contributed by atoms with Gasteiger partial charge in [-0.25, -0.2) is 9.18 Å². The third kappa shape index (κ3) is 3.42. The molecule has 154 valence electrons. The van der Waals surface area contributed by atoms with E-state index in [0.29, 0.717) is 48.7 Å². The molecule has 1 aliphatic carbocycles. The Bertz CT molecular complexity index is 1090. The molecular formula is C21H23ClFN3O3. The highest BCUT2D eigenvalue weighted by atomic mass is 35.5. The third-order valence-corrected chi connectivity index (χ3v) is 6.34. The van der Waals surface area contributed by atoms with Crippen molar-refractivity contribution in [2.75, 3.05) is 24.5 Å². The molecule has 0 bridgehead atoms. The van der Waals surface area contributed by atoms with Gasteiger partial charge >= 0.3 is 5.97 Å². The fraction of sp³-hybridized carbons (Fsp3) is 0.429. The van der Waals surface area contributed by atoms with E-state index in [0.717, 1.165) is 18.4 Å². The minimum atomic E-state index is -1.29. The average Bonchev–Trinajstić information content (AvgIpc) is 3.55. The lowest BCUT2D eigenvalue weighted by molar-refractivity contribution is 0.0695. The largest absolute Gasteiger partial charge is 0.477 e. The highest BCUT2D eigenvalue weighted by Gasteiger charge is 2.29. The number of nitrogens with zero attached hydrogens (tertiary/aromatic N) is 2. The van der Waals surface area contributed by atoms with Crippen molar-refractivity contribution in [2.24, 2.45) is 5.73 Å². The second-order valence-electron chi connectivity index (χ2n) is 7.74. The Kier molecular flexibility index (Phi) is 5.12. The Morgan fingerprint density at radius 2 is 2.00 bits per heavy atom. The zero-order valence-corrected chi connectivity index (χ0v) is 16.9. The number of halogens is 2. The zero-order valence-electron chi connectivity index (χ0n) is 16.2. The van der Waals surface area contributed by atoms with Gasteiger partial charge in [0.15, 0.2) is 0 Å². The molecule has 1 saturated carbocycles. The summed E-state index contributed by atoms with van der Waals surface area (Å²) < 4.78 is 17.1. The Morgan fingerprint density at radius 1 is 1.34 bits per heavy atom. The Hall–Kier alpha value is -2.38. The van der Waals surface area contributed by atoms with E-state index >= 15 is 4.39 Å². The van der Waals surface area contributed by atoms with E-state index in [9.17, 15) is 14.7 Å². The van der Waals surface area contributed by atoms with Gasteiger partial charge in [-0.2, -0.15) is 0 Å². The fourth-order valence-electron chi connectivity index (χ4n) is 4.12. The summed E-state index contributed by atoms with van der Waals surface area (Å²) in [5.74, 6) is -1.76. The molecular weight excluding hydrogens is 397 g/mol. The average molecular weight is 420 g/mol. The molecule has 0 atom stereocenters.